The van der Waals surface area contributed by atoms with Crippen molar-refractivity contribution in [1.82, 2.24) is 15.2 Å². The fourth-order valence-corrected chi connectivity index (χ4v) is 4.86. The van der Waals surface area contributed by atoms with Crippen LogP contribution in [0, 0.1) is 5.92 Å². The maximum absolute atomic E-state index is 9.99. The predicted molar refractivity (Wildman–Crippen MR) is 115 cm³/mol. The van der Waals surface area contributed by atoms with Crippen LogP contribution >= 0.6 is 35.3 Å². The maximum atomic E-state index is 9.99. The molecule has 2 aliphatic rings. The molecule has 2 N–H and O–H groups in total. The topological polar surface area (TPSA) is 60.8 Å². The van der Waals surface area contributed by atoms with Crippen molar-refractivity contribution in [3.63, 3.8) is 0 Å². The van der Waals surface area contributed by atoms with Crippen LogP contribution in [0.25, 0.3) is 0 Å². The first-order chi connectivity index (χ1) is 11.7. The Morgan fingerprint density at radius 3 is 2.80 bits per heavy atom. The number of halogens is 1. The van der Waals surface area contributed by atoms with E-state index in [1.54, 1.807) is 0 Å². The predicted octanol–water partition coefficient (Wildman–Crippen LogP) is 3.20. The molecule has 142 valence electrons. The van der Waals surface area contributed by atoms with E-state index in [0.717, 1.165) is 44.7 Å². The van der Waals surface area contributed by atoms with Gasteiger partial charge in [0.15, 0.2) is 5.96 Å². The standard InChI is InChI=1S/C18H30N4OS.HI/c1-3-19-18(20-11-13-7-6-9-15(13)23)22(2)12-17-21-14-8-4-5-10-16(14)24-17;/h13,15,23H,3-12H2,1-2H3,(H,19,20);1H. The third-order valence-corrected chi connectivity index (χ3v) is 6.20. The third-order valence-electron chi connectivity index (χ3n) is 5.05. The van der Waals surface area contributed by atoms with Crippen LogP contribution in [0.2, 0.25) is 0 Å². The Kier molecular flexibility index (Phi) is 8.41. The highest BCUT2D eigenvalue weighted by molar-refractivity contribution is 14.0. The second-order valence-electron chi connectivity index (χ2n) is 6.99. The molecule has 3 rings (SSSR count). The summed E-state index contributed by atoms with van der Waals surface area (Å²) in [6.07, 6.45) is 7.89. The van der Waals surface area contributed by atoms with Gasteiger partial charge in [0.05, 0.1) is 18.3 Å². The summed E-state index contributed by atoms with van der Waals surface area (Å²) >= 11 is 1.87. The molecular formula is C18H31IN4OS. The molecule has 1 aromatic rings. The van der Waals surface area contributed by atoms with Crippen molar-refractivity contribution in [2.75, 3.05) is 20.1 Å². The molecule has 0 bridgehead atoms. The van der Waals surface area contributed by atoms with Crippen molar-refractivity contribution in [3.05, 3.63) is 15.6 Å². The Balaban J connectivity index is 0.00000225. The van der Waals surface area contributed by atoms with Crippen LogP contribution in [0.15, 0.2) is 4.99 Å². The van der Waals surface area contributed by atoms with Gasteiger partial charge in [0.1, 0.15) is 5.01 Å². The highest BCUT2D eigenvalue weighted by Crippen LogP contribution is 2.27. The number of nitrogens with one attached hydrogen (secondary N) is 1. The number of rotatable bonds is 5. The number of aromatic nitrogens is 1. The third kappa shape index (κ3) is 5.53. The summed E-state index contributed by atoms with van der Waals surface area (Å²) < 4.78 is 0. The van der Waals surface area contributed by atoms with E-state index >= 15 is 0 Å². The molecule has 1 aromatic heterocycles. The summed E-state index contributed by atoms with van der Waals surface area (Å²) in [5.74, 6) is 1.24. The number of aliphatic hydroxyl groups is 1. The van der Waals surface area contributed by atoms with Crippen LogP contribution in [0.3, 0.4) is 0 Å². The van der Waals surface area contributed by atoms with E-state index in [4.69, 9.17) is 9.98 Å². The molecule has 2 atom stereocenters. The van der Waals surface area contributed by atoms with E-state index in [9.17, 15) is 5.11 Å². The number of hydrogen-bond donors (Lipinski definition) is 2. The molecule has 0 amide bonds. The number of aliphatic hydroxyl groups excluding tert-OH is 1. The van der Waals surface area contributed by atoms with Crippen molar-refractivity contribution in [2.45, 2.75) is 64.5 Å². The summed E-state index contributed by atoms with van der Waals surface area (Å²) in [4.78, 5) is 13.3. The van der Waals surface area contributed by atoms with Gasteiger partial charge in [-0.15, -0.1) is 35.3 Å². The quantitative estimate of drug-likeness (QED) is 0.388. The van der Waals surface area contributed by atoms with Crippen LogP contribution in [-0.4, -0.2) is 47.2 Å². The van der Waals surface area contributed by atoms with Gasteiger partial charge in [-0.05, 0) is 45.4 Å². The lowest BCUT2D eigenvalue weighted by Gasteiger charge is -2.22. The Morgan fingerprint density at radius 1 is 1.32 bits per heavy atom. The molecule has 0 radical (unpaired) electrons. The van der Waals surface area contributed by atoms with E-state index in [-0.39, 0.29) is 30.1 Å². The first kappa shape index (κ1) is 20.9. The van der Waals surface area contributed by atoms with Crippen molar-refractivity contribution >= 4 is 41.3 Å². The van der Waals surface area contributed by atoms with Gasteiger partial charge in [0.25, 0.3) is 0 Å². The summed E-state index contributed by atoms with van der Waals surface area (Å²) in [5.41, 5.74) is 1.32. The van der Waals surface area contributed by atoms with Gasteiger partial charge in [-0.1, -0.05) is 6.42 Å². The van der Waals surface area contributed by atoms with Crippen molar-refractivity contribution in [1.29, 1.82) is 0 Å². The highest BCUT2D eigenvalue weighted by atomic mass is 127. The van der Waals surface area contributed by atoms with E-state index in [2.05, 4.69) is 24.2 Å². The number of fused-ring (bicyclic) bond motifs is 1. The molecule has 0 saturated heterocycles. The molecule has 0 aromatic carbocycles. The lowest BCUT2D eigenvalue weighted by Crippen LogP contribution is -2.39. The average Bonchev–Trinajstić information content (AvgIpc) is 3.16. The largest absolute Gasteiger partial charge is 0.393 e. The van der Waals surface area contributed by atoms with E-state index in [1.165, 1.54) is 34.8 Å². The minimum Gasteiger partial charge on any atom is -0.393 e. The van der Waals surface area contributed by atoms with Gasteiger partial charge >= 0.3 is 0 Å². The Labute approximate surface area is 172 Å². The number of hydrogen-bond acceptors (Lipinski definition) is 4. The molecule has 2 aliphatic carbocycles. The van der Waals surface area contributed by atoms with E-state index < -0.39 is 0 Å². The smallest absolute Gasteiger partial charge is 0.194 e. The molecule has 0 aliphatic heterocycles. The molecule has 1 saturated carbocycles. The highest BCUT2D eigenvalue weighted by Gasteiger charge is 2.25. The minimum atomic E-state index is -0.173. The molecule has 0 spiro atoms. The molecule has 25 heavy (non-hydrogen) atoms. The lowest BCUT2D eigenvalue weighted by atomic mass is 10.0. The monoisotopic (exact) mass is 478 g/mol. The average molecular weight is 478 g/mol. The molecular weight excluding hydrogens is 447 g/mol. The number of thiazole rings is 1. The zero-order valence-electron chi connectivity index (χ0n) is 15.3. The number of guanidine groups is 1. The Bertz CT molecular complexity index is 554. The van der Waals surface area contributed by atoms with Crippen molar-refractivity contribution < 1.29 is 5.11 Å². The van der Waals surface area contributed by atoms with Crippen LogP contribution in [-0.2, 0) is 19.4 Å². The van der Waals surface area contributed by atoms with E-state index in [0.29, 0.717) is 12.5 Å². The first-order valence-corrected chi connectivity index (χ1v) is 10.1. The molecule has 5 nitrogen and oxygen atoms in total. The SMILES string of the molecule is CCNC(=NCC1CCCC1O)N(C)Cc1nc2c(s1)CCCC2.I. The normalized spacial score (nSPS) is 23.1. The summed E-state index contributed by atoms with van der Waals surface area (Å²) in [5, 5.41) is 14.6. The lowest BCUT2D eigenvalue weighted by molar-refractivity contribution is 0.136. The van der Waals surface area contributed by atoms with Gasteiger partial charge < -0.3 is 15.3 Å². The minimum absolute atomic E-state index is 0. The first-order valence-electron chi connectivity index (χ1n) is 9.32. The van der Waals surface area contributed by atoms with Crippen molar-refractivity contribution in [2.24, 2.45) is 10.9 Å². The number of nitrogens with zero attached hydrogens (tertiary/aromatic N) is 3. The van der Waals surface area contributed by atoms with Gasteiger partial charge in [-0.25, -0.2) is 4.98 Å². The van der Waals surface area contributed by atoms with Gasteiger partial charge in [-0.2, -0.15) is 0 Å². The maximum Gasteiger partial charge on any atom is 0.194 e. The zero-order chi connectivity index (χ0) is 16.9. The van der Waals surface area contributed by atoms with Gasteiger partial charge in [0, 0.05) is 30.9 Å². The number of aliphatic imine (C=N–C) groups is 1. The van der Waals surface area contributed by atoms with Crippen LogP contribution < -0.4 is 5.32 Å². The summed E-state index contributed by atoms with van der Waals surface area (Å²) in [6.45, 7) is 4.46. The molecule has 7 heteroatoms. The number of aryl methyl sites for hydroxylation is 2. The second-order valence-corrected chi connectivity index (χ2v) is 8.16. The Hall–Kier alpha value is -0.410. The molecule has 2 unspecified atom stereocenters. The molecule has 1 heterocycles. The van der Waals surface area contributed by atoms with Gasteiger partial charge in [-0.3, -0.25) is 4.99 Å². The van der Waals surface area contributed by atoms with Crippen LogP contribution in [0.5, 0.6) is 0 Å². The van der Waals surface area contributed by atoms with Crippen LogP contribution in [0.4, 0.5) is 0 Å². The fourth-order valence-electron chi connectivity index (χ4n) is 3.65. The summed E-state index contributed by atoms with van der Waals surface area (Å²) in [7, 11) is 2.08. The second kappa shape index (κ2) is 10.1. The fraction of sp³-hybridized carbons (Fsp3) is 0.778. The van der Waals surface area contributed by atoms with Gasteiger partial charge in [0.2, 0.25) is 0 Å². The zero-order valence-corrected chi connectivity index (χ0v) is 18.5. The Morgan fingerprint density at radius 2 is 2.12 bits per heavy atom. The van der Waals surface area contributed by atoms with Crippen molar-refractivity contribution in [3.8, 4) is 0 Å². The molecule has 1 fully saturated rings. The van der Waals surface area contributed by atoms with E-state index in [1.807, 2.05) is 11.3 Å². The summed E-state index contributed by atoms with van der Waals surface area (Å²) in [6, 6.07) is 0. The van der Waals surface area contributed by atoms with Crippen LogP contribution in [0.1, 0.15) is 54.6 Å².